The van der Waals surface area contributed by atoms with E-state index in [1.165, 1.54) is 6.07 Å². The molecule has 3 nitrogen and oxygen atoms in total. The molecule has 1 atom stereocenters. The summed E-state index contributed by atoms with van der Waals surface area (Å²) in [6.07, 6.45) is 2.64. The second-order valence-electron chi connectivity index (χ2n) is 6.77. The number of carbonyl (C=O) groups excluding carboxylic acids is 1. The number of hydrogen-bond donors (Lipinski definition) is 1. The van der Waals surface area contributed by atoms with E-state index in [0.717, 1.165) is 37.1 Å². The molecule has 0 aliphatic carbocycles. The average Bonchev–Trinajstić information content (AvgIpc) is 2.65. The van der Waals surface area contributed by atoms with E-state index in [4.69, 9.17) is 11.6 Å². The molecule has 2 aromatic carbocycles. The van der Waals surface area contributed by atoms with Crippen molar-refractivity contribution in [2.45, 2.75) is 32.7 Å². The lowest BCUT2D eigenvalue weighted by Gasteiger charge is -2.32. The van der Waals surface area contributed by atoms with Gasteiger partial charge in [0.2, 0.25) is 5.91 Å². The number of hydrogen-bond acceptors (Lipinski definition) is 2. The molecule has 1 aliphatic rings. The van der Waals surface area contributed by atoms with Crippen molar-refractivity contribution >= 4 is 23.2 Å². The molecule has 1 N–H and O–H groups in total. The lowest BCUT2D eigenvalue weighted by Crippen LogP contribution is -2.40. The van der Waals surface area contributed by atoms with E-state index >= 15 is 0 Å². The van der Waals surface area contributed by atoms with Gasteiger partial charge >= 0.3 is 0 Å². The third kappa shape index (κ3) is 4.43. The number of nitrogens with zero attached hydrogens (tertiary/aromatic N) is 1. The first kappa shape index (κ1) is 18.9. The molecule has 2 aromatic rings. The summed E-state index contributed by atoms with van der Waals surface area (Å²) in [5, 5.41) is 3.51. The minimum Gasteiger partial charge on any atom is -0.326 e. The van der Waals surface area contributed by atoms with Crippen LogP contribution in [-0.2, 0) is 17.8 Å². The van der Waals surface area contributed by atoms with Gasteiger partial charge in [0.05, 0.1) is 5.92 Å². The van der Waals surface area contributed by atoms with Gasteiger partial charge in [0.25, 0.3) is 0 Å². The Bertz CT molecular complexity index is 760. The van der Waals surface area contributed by atoms with Crippen molar-refractivity contribution in [3.63, 3.8) is 0 Å². The van der Waals surface area contributed by atoms with Gasteiger partial charge in [-0.25, -0.2) is 4.39 Å². The van der Waals surface area contributed by atoms with Crippen LogP contribution in [0, 0.1) is 11.7 Å². The van der Waals surface area contributed by atoms with Crippen LogP contribution < -0.4 is 5.32 Å². The Morgan fingerprint density at radius 3 is 2.85 bits per heavy atom. The highest BCUT2D eigenvalue weighted by Crippen LogP contribution is 2.25. The SMILES string of the molecule is CCc1ccccc1NC(=O)C1CCCN(Cc2c(F)cccc2Cl)C1. The number of anilines is 1. The molecule has 0 aromatic heterocycles. The van der Waals surface area contributed by atoms with Crippen molar-refractivity contribution in [2.75, 3.05) is 18.4 Å². The van der Waals surface area contributed by atoms with Crippen molar-refractivity contribution in [1.29, 1.82) is 0 Å². The molecular weight excluding hydrogens is 351 g/mol. The fourth-order valence-corrected chi connectivity index (χ4v) is 3.73. The van der Waals surface area contributed by atoms with Crippen molar-refractivity contribution in [3.8, 4) is 0 Å². The minimum atomic E-state index is -0.291. The number of amides is 1. The summed E-state index contributed by atoms with van der Waals surface area (Å²) in [6, 6.07) is 12.6. The Kier molecular flexibility index (Phi) is 6.28. The number of aryl methyl sites for hydroxylation is 1. The zero-order chi connectivity index (χ0) is 18.5. The quantitative estimate of drug-likeness (QED) is 0.807. The third-order valence-corrected chi connectivity index (χ3v) is 5.33. The van der Waals surface area contributed by atoms with E-state index in [2.05, 4.69) is 17.1 Å². The molecule has 0 bridgehead atoms. The monoisotopic (exact) mass is 374 g/mol. The average molecular weight is 375 g/mol. The molecule has 1 heterocycles. The van der Waals surface area contributed by atoms with Crippen molar-refractivity contribution in [2.24, 2.45) is 5.92 Å². The second kappa shape index (κ2) is 8.65. The number of nitrogens with one attached hydrogen (secondary N) is 1. The van der Waals surface area contributed by atoms with E-state index in [0.29, 0.717) is 23.7 Å². The molecule has 0 spiro atoms. The first-order valence-corrected chi connectivity index (χ1v) is 9.50. The normalized spacial score (nSPS) is 17.9. The molecule has 0 saturated carbocycles. The van der Waals surface area contributed by atoms with Gasteiger partial charge in [0.1, 0.15) is 5.82 Å². The number of likely N-dealkylation sites (tertiary alicyclic amines) is 1. The highest BCUT2D eigenvalue weighted by Gasteiger charge is 2.27. The maximum atomic E-state index is 14.0. The summed E-state index contributed by atoms with van der Waals surface area (Å²) < 4.78 is 14.0. The molecule has 0 radical (unpaired) electrons. The van der Waals surface area contributed by atoms with Gasteiger partial charge in [-0.05, 0) is 49.6 Å². The number of para-hydroxylation sites is 1. The van der Waals surface area contributed by atoms with Crippen LogP contribution in [0.3, 0.4) is 0 Å². The summed E-state index contributed by atoms with van der Waals surface area (Å²) in [5.74, 6) is -0.351. The summed E-state index contributed by atoms with van der Waals surface area (Å²) in [4.78, 5) is 14.8. The van der Waals surface area contributed by atoms with Gasteiger partial charge in [-0.15, -0.1) is 0 Å². The van der Waals surface area contributed by atoms with Gasteiger partial charge in [-0.3, -0.25) is 9.69 Å². The van der Waals surface area contributed by atoms with Crippen LogP contribution in [0.1, 0.15) is 30.9 Å². The van der Waals surface area contributed by atoms with Gasteiger partial charge in [-0.1, -0.05) is 42.8 Å². The standard InChI is InChI=1S/C21H24ClFN2O/c1-2-15-7-3-4-11-20(15)24-21(26)16-8-6-12-25(13-16)14-17-18(22)9-5-10-19(17)23/h3-5,7,9-11,16H,2,6,8,12-14H2,1H3,(H,24,26). The summed E-state index contributed by atoms with van der Waals surface area (Å²) in [6.45, 7) is 3.97. The van der Waals surface area contributed by atoms with Crippen LogP contribution in [0.2, 0.25) is 5.02 Å². The zero-order valence-corrected chi connectivity index (χ0v) is 15.7. The molecule has 1 fully saturated rings. The van der Waals surface area contributed by atoms with E-state index in [-0.39, 0.29) is 17.6 Å². The first-order chi connectivity index (χ1) is 12.6. The van der Waals surface area contributed by atoms with Crippen LogP contribution in [0.15, 0.2) is 42.5 Å². The smallest absolute Gasteiger partial charge is 0.228 e. The van der Waals surface area contributed by atoms with E-state index in [1.807, 2.05) is 24.3 Å². The predicted octanol–water partition coefficient (Wildman–Crippen LogP) is 4.89. The number of rotatable bonds is 5. The summed E-state index contributed by atoms with van der Waals surface area (Å²) in [7, 11) is 0. The molecule has 26 heavy (non-hydrogen) atoms. The van der Waals surface area contributed by atoms with Crippen molar-refractivity contribution < 1.29 is 9.18 Å². The number of piperidine rings is 1. The molecule has 5 heteroatoms. The molecule has 3 rings (SSSR count). The Labute approximate surface area is 159 Å². The maximum Gasteiger partial charge on any atom is 0.228 e. The van der Waals surface area contributed by atoms with E-state index < -0.39 is 0 Å². The fraction of sp³-hybridized carbons (Fsp3) is 0.381. The second-order valence-corrected chi connectivity index (χ2v) is 7.18. The summed E-state index contributed by atoms with van der Waals surface area (Å²) in [5.41, 5.74) is 2.52. The molecule has 1 saturated heterocycles. The molecule has 138 valence electrons. The van der Waals surface area contributed by atoms with Gasteiger partial charge in [0.15, 0.2) is 0 Å². The molecular formula is C21H24ClFN2O. The van der Waals surface area contributed by atoms with Gasteiger partial charge in [0, 0.05) is 29.4 Å². The predicted molar refractivity (Wildman–Crippen MR) is 104 cm³/mol. The largest absolute Gasteiger partial charge is 0.326 e. The third-order valence-electron chi connectivity index (χ3n) is 4.98. The number of carbonyl (C=O) groups is 1. The van der Waals surface area contributed by atoms with Crippen LogP contribution in [0.25, 0.3) is 0 Å². The van der Waals surface area contributed by atoms with Crippen LogP contribution in [-0.4, -0.2) is 23.9 Å². The van der Waals surface area contributed by atoms with E-state index in [9.17, 15) is 9.18 Å². The zero-order valence-electron chi connectivity index (χ0n) is 15.0. The summed E-state index contributed by atoms with van der Waals surface area (Å²) >= 11 is 6.14. The molecule has 1 unspecified atom stereocenters. The van der Waals surface area contributed by atoms with Crippen LogP contribution in [0.4, 0.5) is 10.1 Å². The Balaban J connectivity index is 1.65. The maximum absolute atomic E-state index is 14.0. The van der Waals surface area contributed by atoms with Crippen LogP contribution >= 0.6 is 11.6 Å². The fourth-order valence-electron chi connectivity index (χ4n) is 3.51. The Hall–Kier alpha value is -1.91. The highest BCUT2D eigenvalue weighted by atomic mass is 35.5. The van der Waals surface area contributed by atoms with Crippen molar-refractivity contribution in [1.82, 2.24) is 4.90 Å². The Morgan fingerprint density at radius 2 is 2.08 bits per heavy atom. The van der Waals surface area contributed by atoms with Crippen LogP contribution in [0.5, 0.6) is 0 Å². The van der Waals surface area contributed by atoms with Crippen molar-refractivity contribution in [3.05, 3.63) is 64.4 Å². The van der Waals surface area contributed by atoms with Gasteiger partial charge in [-0.2, -0.15) is 0 Å². The lowest BCUT2D eigenvalue weighted by molar-refractivity contribution is -0.121. The lowest BCUT2D eigenvalue weighted by atomic mass is 9.96. The Morgan fingerprint density at radius 1 is 1.27 bits per heavy atom. The number of benzene rings is 2. The minimum absolute atomic E-state index is 0.0373. The van der Waals surface area contributed by atoms with E-state index in [1.54, 1.807) is 12.1 Å². The molecule has 1 amide bonds. The molecule has 1 aliphatic heterocycles. The highest BCUT2D eigenvalue weighted by molar-refractivity contribution is 6.31. The topological polar surface area (TPSA) is 32.3 Å². The first-order valence-electron chi connectivity index (χ1n) is 9.12. The van der Waals surface area contributed by atoms with Gasteiger partial charge < -0.3 is 5.32 Å². The number of halogens is 2.